The van der Waals surface area contributed by atoms with Crippen LogP contribution in [0.1, 0.15) is 20.3 Å². The molecular formula is C12H20N2O3S. The third-order valence-electron chi connectivity index (χ3n) is 2.63. The average molecular weight is 272 g/mol. The minimum absolute atomic E-state index is 0.125. The number of benzene rings is 1. The number of methoxy groups -OCH3 is 1. The molecule has 0 amide bonds. The summed E-state index contributed by atoms with van der Waals surface area (Å²) in [5.41, 5.74) is 6.06. The molecule has 0 aliphatic carbocycles. The molecule has 1 aromatic rings. The van der Waals surface area contributed by atoms with Crippen molar-refractivity contribution < 1.29 is 13.2 Å². The van der Waals surface area contributed by atoms with Crippen LogP contribution in [0.25, 0.3) is 0 Å². The molecule has 0 heterocycles. The maximum Gasteiger partial charge on any atom is 0.246 e. The molecule has 18 heavy (non-hydrogen) atoms. The van der Waals surface area contributed by atoms with Crippen LogP contribution >= 0.6 is 0 Å². The van der Waals surface area contributed by atoms with Crippen molar-refractivity contribution in [3.8, 4) is 5.75 Å². The summed E-state index contributed by atoms with van der Waals surface area (Å²) < 4.78 is 31.5. The Morgan fingerprint density at radius 2 is 2.00 bits per heavy atom. The van der Waals surface area contributed by atoms with Gasteiger partial charge in [-0.2, -0.15) is 4.31 Å². The fraction of sp³-hybridized carbons (Fsp3) is 0.500. The van der Waals surface area contributed by atoms with Gasteiger partial charge in [-0.15, -0.1) is 0 Å². The van der Waals surface area contributed by atoms with E-state index in [9.17, 15) is 8.42 Å². The van der Waals surface area contributed by atoms with Crippen molar-refractivity contribution >= 4 is 15.7 Å². The van der Waals surface area contributed by atoms with Gasteiger partial charge in [-0.1, -0.05) is 13.8 Å². The minimum Gasteiger partial charge on any atom is -0.495 e. The van der Waals surface area contributed by atoms with Gasteiger partial charge in [0.15, 0.2) is 0 Å². The van der Waals surface area contributed by atoms with Gasteiger partial charge < -0.3 is 10.5 Å². The minimum atomic E-state index is -3.55. The van der Waals surface area contributed by atoms with Crippen molar-refractivity contribution in [1.29, 1.82) is 0 Å². The summed E-state index contributed by atoms with van der Waals surface area (Å²) in [6.45, 7) is 4.66. The average Bonchev–Trinajstić information content (AvgIpc) is 2.35. The van der Waals surface area contributed by atoms with E-state index >= 15 is 0 Å². The van der Waals surface area contributed by atoms with E-state index in [0.717, 1.165) is 6.42 Å². The molecule has 2 N–H and O–H groups in total. The lowest BCUT2D eigenvalue weighted by molar-refractivity contribution is 0.392. The van der Waals surface area contributed by atoms with Gasteiger partial charge in [0.05, 0.1) is 7.11 Å². The molecular weight excluding hydrogens is 252 g/mol. The van der Waals surface area contributed by atoms with Crippen LogP contribution in [0.15, 0.2) is 23.1 Å². The SMILES string of the molecule is CCCN(CC)S(=O)(=O)c1cc(N)ccc1OC. The first-order valence-corrected chi connectivity index (χ1v) is 7.35. The molecule has 0 radical (unpaired) electrons. The van der Waals surface area contributed by atoms with Crippen LogP contribution in [-0.2, 0) is 10.0 Å². The van der Waals surface area contributed by atoms with E-state index in [1.807, 2.05) is 13.8 Å². The van der Waals surface area contributed by atoms with Crippen molar-refractivity contribution in [2.45, 2.75) is 25.2 Å². The van der Waals surface area contributed by atoms with Gasteiger partial charge in [0.2, 0.25) is 10.0 Å². The van der Waals surface area contributed by atoms with Crippen LogP contribution in [0.4, 0.5) is 5.69 Å². The normalized spacial score (nSPS) is 11.8. The Morgan fingerprint density at radius 3 is 2.50 bits per heavy atom. The predicted molar refractivity (Wildman–Crippen MR) is 72.1 cm³/mol. The number of ether oxygens (including phenoxy) is 1. The zero-order valence-electron chi connectivity index (χ0n) is 11.0. The molecule has 0 atom stereocenters. The maximum atomic E-state index is 12.5. The van der Waals surface area contributed by atoms with Gasteiger partial charge in [-0.25, -0.2) is 8.42 Å². The number of rotatable bonds is 6. The van der Waals surface area contributed by atoms with Crippen molar-refractivity contribution in [3.05, 3.63) is 18.2 Å². The number of nitrogens with two attached hydrogens (primary N) is 1. The Balaban J connectivity index is 3.30. The van der Waals surface area contributed by atoms with Crippen LogP contribution in [-0.4, -0.2) is 32.9 Å². The molecule has 0 aromatic heterocycles. The van der Waals surface area contributed by atoms with E-state index in [1.54, 1.807) is 12.1 Å². The Kier molecular flexibility index (Phi) is 4.98. The van der Waals surface area contributed by atoms with Crippen LogP contribution in [0.3, 0.4) is 0 Å². The Hall–Kier alpha value is -1.27. The van der Waals surface area contributed by atoms with Gasteiger partial charge in [-0.3, -0.25) is 0 Å². The van der Waals surface area contributed by atoms with Crippen LogP contribution in [0.5, 0.6) is 5.75 Å². The molecule has 102 valence electrons. The van der Waals surface area contributed by atoms with E-state index in [-0.39, 0.29) is 4.90 Å². The van der Waals surface area contributed by atoms with Crippen molar-refractivity contribution in [1.82, 2.24) is 4.31 Å². The molecule has 0 bridgehead atoms. The molecule has 1 aromatic carbocycles. The quantitative estimate of drug-likeness (QED) is 0.800. The number of nitrogen functional groups attached to an aromatic ring is 1. The van der Waals surface area contributed by atoms with E-state index in [0.29, 0.717) is 24.5 Å². The highest BCUT2D eigenvalue weighted by molar-refractivity contribution is 7.89. The van der Waals surface area contributed by atoms with Gasteiger partial charge in [0.1, 0.15) is 10.6 Å². The van der Waals surface area contributed by atoms with E-state index < -0.39 is 10.0 Å². The smallest absolute Gasteiger partial charge is 0.246 e. The highest BCUT2D eigenvalue weighted by Crippen LogP contribution is 2.28. The lowest BCUT2D eigenvalue weighted by Crippen LogP contribution is -2.31. The first-order chi connectivity index (χ1) is 8.47. The van der Waals surface area contributed by atoms with Gasteiger partial charge in [-0.05, 0) is 24.6 Å². The molecule has 0 saturated heterocycles. The van der Waals surface area contributed by atoms with Crippen LogP contribution in [0, 0.1) is 0 Å². The molecule has 5 nitrogen and oxygen atoms in total. The molecule has 0 aliphatic rings. The third kappa shape index (κ3) is 2.94. The van der Waals surface area contributed by atoms with Crippen LogP contribution < -0.4 is 10.5 Å². The first kappa shape index (κ1) is 14.8. The second kappa shape index (κ2) is 6.06. The fourth-order valence-corrected chi connectivity index (χ4v) is 3.46. The van der Waals surface area contributed by atoms with Gasteiger partial charge >= 0.3 is 0 Å². The number of hydrogen-bond donors (Lipinski definition) is 1. The summed E-state index contributed by atoms with van der Waals surface area (Å²) in [4.78, 5) is 0.125. The maximum absolute atomic E-state index is 12.5. The highest BCUT2D eigenvalue weighted by atomic mass is 32.2. The highest BCUT2D eigenvalue weighted by Gasteiger charge is 2.26. The second-order valence-corrected chi connectivity index (χ2v) is 5.81. The molecule has 0 fully saturated rings. The standard InChI is InChI=1S/C12H20N2O3S/c1-4-8-14(5-2)18(15,16)12-9-10(13)6-7-11(12)17-3/h6-7,9H,4-5,8,13H2,1-3H3. The summed E-state index contributed by atoms with van der Waals surface area (Å²) in [6, 6.07) is 4.63. The fourth-order valence-electron chi connectivity index (χ4n) is 1.73. The summed E-state index contributed by atoms with van der Waals surface area (Å²) in [5.74, 6) is 0.318. The van der Waals surface area contributed by atoms with Gasteiger partial charge in [0.25, 0.3) is 0 Å². The molecule has 0 unspecified atom stereocenters. The van der Waals surface area contributed by atoms with Gasteiger partial charge in [0, 0.05) is 18.8 Å². The Bertz CT molecular complexity index is 500. The van der Waals surface area contributed by atoms with E-state index in [4.69, 9.17) is 10.5 Å². The molecule has 0 aliphatic heterocycles. The zero-order valence-corrected chi connectivity index (χ0v) is 11.8. The van der Waals surface area contributed by atoms with E-state index in [1.165, 1.54) is 17.5 Å². The predicted octanol–water partition coefficient (Wildman–Crippen LogP) is 1.70. The Labute approximate surface area is 109 Å². The lowest BCUT2D eigenvalue weighted by Gasteiger charge is -2.21. The molecule has 1 rings (SSSR count). The Morgan fingerprint density at radius 1 is 1.33 bits per heavy atom. The molecule has 6 heteroatoms. The summed E-state index contributed by atoms with van der Waals surface area (Å²) in [6.07, 6.45) is 0.762. The summed E-state index contributed by atoms with van der Waals surface area (Å²) >= 11 is 0. The number of anilines is 1. The monoisotopic (exact) mass is 272 g/mol. The second-order valence-electron chi connectivity index (χ2n) is 3.91. The zero-order chi connectivity index (χ0) is 13.8. The topological polar surface area (TPSA) is 72.6 Å². The van der Waals surface area contributed by atoms with Crippen molar-refractivity contribution in [2.24, 2.45) is 0 Å². The molecule has 0 spiro atoms. The largest absolute Gasteiger partial charge is 0.495 e. The number of sulfonamides is 1. The lowest BCUT2D eigenvalue weighted by atomic mass is 10.3. The number of nitrogens with zero attached hydrogens (tertiary/aromatic N) is 1. The van der Waals surface area contributed by atoms with Crippen molar-refractivity contribution in [3.63, 3.8) is 0 Å². The van der Waals surface area contributed by atoms with E-state index in [2.05, 4.69) is 0 Å². The van der Waals surface area contributed by atoms with Crippen LogP contribution in [0.2, 0.25) is 0 Å². The third-order valence-corrected chi connectivity index (χ3v) is 4.63. The van der Waals surface area contributed by atoms with Crippen molar-refractivity contribution in [2.75, 3.05) is 25.9 Å². The molecule has 0 saturated carbocycles. The first-order valence-electron chi connectivity index (χ1n) is 5.91. The number of hydrogen-bond acceptors (Lipinski definition) is 4. The summed E-state index contributed by atoms with van der Waals surface area (Å²) in [5, 5.41) is 0. The summed E-state index contributed by atoms with van der Waals surface area (Å²) in [7, 11) is -2.11.